The Morgan fingerprint density at radius 3 is 2.95 bits per heavy atom. The normalized spacial score (nSPS) is 17.5. The van der Waals surface area contributed by atoms with E-state index in [4.69, 9.17) is 0 Å². The molecule has 0 bridgehead atoms. The van der Waals surface area contributed by atoms with Gasteiger partial charge in [-0.25, -0.2) is 14.4 Å². The summed E-state index contributed by atoms with van der Waals surface area (Å²) in [5.74, 6) is 0.146. The second-order valence-corrected chi connectivity index (χ2v) is 4.59. The number of halogens is 1. The van der Waals surface area contributed by atoms with E-state index in [0.29, 0.717) is 18.9 Å². The zero-order chi connectivity index (χ0) is 15.8. The Labute approximate surface area is 125 Å². The monoisotopic (exact) mass is 294 g/mol. The molecule has 116 valence electrons. The van der Waals surface area contributed by atoms with Gasteiger partial charge in [0.25, 0.3) is 0 Å². The van der Waals surface area contributed by atoms with Crippen LogP contribution in [-0.4, -0.2) is 39.9 Å². The summed E-state index contributed by atoms with van der Waals surface area (Å²) in [6, 6.07) is 0.00134. The maximum absolute atomic E-state index is 13.6. The largest absolute Gasteiger partial charge is 0.363 e. The van der Waals surface area contributed by atoms with Crippen molar-refractivity contribution in [3.05, 3.63) is 30.5 Å². The van der Waals surface area contributed by atoms with Crippen molar-refractivity contribution in [3.8, 4) is 0 Å². The van der Waals surface area contributed by atoms with Gasteiger partial charge >= 0.3 is 0 Å². The smallest absolute Gasteiger partial charge is 0.246 e. The zero-order valence-electron chi connectivity index (χ0n) is 12.9. The van der Waals surface area contributed by atoms with E-state index in [2.05, 4.69) is 21.9 Å². The molecule has 1 unspecified atom stereocenters. The Kier molecular flexibility index (Phi) is 6.78. The molecule has 2 heterocycles. The van der Waals surface area contributed by atoms with Gasteiger partial charge in [-0.05, 0) is 25.8 Å². The van der Waals surface area contributed by atoms with E-state index < -0.39 is 5.82 Å². The summed E-state index contributed by atoms with van der Waals surface area (Å²) < 4.78 is 13.6. The number of carbonyl (C=O) groups is 1. The van der Waals surface area contributed by atoms with Gasteiger partial charge in [0.05, 0.1) is 6.20 Å². The van der Waals surface area contributed by atoms with E-state index >= 15 is 0 Å². The number of hydrogen-bond donors (Lipinski definition) is 1. The molecular weight excluding hydrogens is 271 g/mol. The zero-order valence-corrected chi connectivity index (χ0v) is 12.9. The minimum Gasteiger partial charge on any atom is -0.363 e. The van der Waals surface area contributed by atoms with Crippen LogP contribution in [-0.2, 0) is 4.79 Å². The molecule has 0 spiro atoms. The molecule has 1 N–H and O–H groups in total. The second-order valence-electron chi connectivity index (χ2n) is 4.59. The number of likely N-dealkylation sites (tertiary alicyclic amines) is 1. The summed E-state index contributed by atoms with van der Waals surface area (Å²) in [5, 5.41) is 3.04. The van der Waals surface area contributed by atoms with Gasteiger partial charge in [-0.2, -0.15) is 0 Å². The first-order valence-electron chi connectivity index (χ1n) is 7.27. The number of rotatable bonds is 3. The van der Waals surface area contributed by atoms with Crippen molar-refractivity contribution >= 4 is 11.7 Å². The molecular formula is C15H23FN4O. The van der Waals surface area contributed by atoms with Gasteiger partial charge in [0.15, 0.2) is 11.6 Å². The standard InChI is InChI=1S/C13H17FN4O.C2H6/c1-3-12(19)18-6-4-5-10(8-18)17-13-11(14)7-15-9(2)16-13;1-2/h3,7,10H,1,4-6,8H2,2H3,(H,15,16,17);1-2H3. The predicted octanol–water partition coefficient (Wildman–Crippen LogP) is 2.54. The van der Waals surface area contributed by atoms with Crippen molar-refractivity contribution in [1.29, 1.82) is 0 Å². The summed E-state index contributed by atoms with van der Waals surface area (Å²) in [5.41, 5.74) is 0. The van der Waals surface area contributed by atoms with Crippen LogP contribution in [0.1, 0.15) is 32.5 Å². The molecule has 1 aliphatic heterocycles. The van der Waals surface area contributed by atoms with Crippen LogP contribution < -0.4 is 5.32 Å². The van der Waals surface area contributed by atoms with Crippen LogP contribution in [0.5, 0.6) is 0 Å². The van der Waals surface area contributed by atoms with Crippen LogP contribution in [0.25, 0.3) is 0 Å². The highest BCUT2D eigenvalue weighted by atomic mass is 19.1. The number of hydrogen-bond acceptors (Lipinski definition) is 4. The molecule has 1 saturated heterocycles. The quantitative estimate of drug-likeness (QED) is 0.870. The van der Waals surface area contributed by atoms with Crippen molar-refractivity contribution in [3.63, 3.8) is 0 Å². The molecule has 1 amide bonds. The van der Waals surface area contributed by atoms with E-state index in [1.165, 1.54) is 6.08 Å². The average Bonchev–Trinajstić information content (AvgIpc) is 2.52. The highest BCUT2D eigenvalue weighted by molar-refractivity contribution is 5.87. The Bertz CT molecular complexity index is 493. The maximum atomic E-state index is 13.6. The number of nitrogens with one attached hydrogen (secondary N) is 1. The number of piperidine rings is 1. The van der Waals surface area contributed by atoms with Crippen LogP contribution >= 0.6 is 0 Å². The number of amides is 1. The Hall–Kier alpha value is -1.98. The summed E-state index contributed by atoms with van der Waals surface area (Å²) in [7, 11) is 0. The lowest BCUT2D eigenvalue weighted by atomic mass is 10.1. The van der Waals surface area contributed by atoms with Crippen molar-refractivity contribution in [1.82, 2.24) is 14.9 Å². The van der Waals surface area contributed by atoms with Crippen molar-refractivity contribution in [2.75, 3.05) is 18.4 Å². The molecule has 1 atom stereocenters. The van der Waals surface area contributed by atoms with E-state index in [0.717, 1.165) is 19.0 Å². The van der Waals surface area contributed by atoms with Crippen LogP contribution in [0.3, 0.4) is 0 Å². The van der Waals surface area contributed by atoms with Gasteiger partial charge in [0.2, 0.25) is 5.91 Å². The molecule has 1 aromatic rings. The number of aryl methyl sites for hydroxylation is 1. The second kappa shape index (κ2) is 8.34. The Balaban J connectivity index is 0.00000106. The minimum atomic E-state index is -0.474. The molecule has 5 nitrogen and oxygen atoms in total. The molecule has 1 aliphatic rings. The number of anilines is 1. The lowest BCUT2D eigenvalue weighted by molar-refractivity contribution is -0.127. The highest BCUT2D eigenvalue weighted by Gasteiger charge is 2.23. The summed E-state index contributed by atoms with van der Waals surface area (Å²) in [6.07, 6.45) is 4.21. The first kappa shape index (κ1) is 17.1. The van der Waals surface area contributed by atoms with Crippen LogP contribution in [0.15, 0.2) is 18.9 Å². The molecule has 0 aromatic carbocycles. The fraction of sp³-hybridized carbons (Fsp3) is 0.533. The minimum absolute atomic E-state index is 0.00134. The van der Waals surface area contributed by atoms with E-state index in [9.17, 15) is 9.18 Å². The van der Waals surface area contributed by atoms with E-state index in [-0.39, 0.29) is 17.8 Å². The molecule has 2 rings (SSSR count). The molecule has 21 heavy (non-hydrogen) atoms. The Morgan fingerprint density at radius 2 is 2.29 bits per heavy atom. The number of aromatic nitrogens is 2. The maximum Gasteiger partial charge on any atom is 0.246 e. The van der Waals surface area contributed by atoms with Gasteiger partial charge in [-0.15, -0.1) is 0 Å². The number of carbonyl (C=O) groups excluding carboxylic acids is 1. The van der Waals surface area contributed by atoms with Crippen LogP contribution in [0.2, 0.25) is 0 Å². The Morgan fingerprint density at radius 1 is 1.57 bits per heavy atom. The SMILES string of the molecule is C=CC(=O)N1CCCC(Nc2nc(C)ncc2F)C1.CC. The van der Waals surface area contributed by atoms with Crippen molar-refractivity contribution in [2.24, 2.45) is 0 Å². The first-order valence-corrected chi connectivity index (χ1v) is 7.27. The fourth-order valence-electron chi connectivity index (χ4n) is 2.17. The van der Waals surface area contributed by atoms with Crippen molar-refractivity contribution < 1.29 is 9.18 Å². The van der Waals surface area contributed by atoms with Gasteiger partial charge in [-0.3, -0.25) is 4.79 Å². The summed E-state index contributed by atoms with van der Waals surface area (Å²) in [6.45, 7) is 10.4. The van der Waals surface area contributed by atoms with E-state index in [1.807, 2.05) is 13.8 Å². The molecule has 0 saturated carbocycles. The lowest BCUT2D eigenvalue weighted by Gasteiger charge is -2.32. The van der Waals surface area contributed by atoms with Gasteiger partial charge < -0.3 is 10.2 Å². The molecule has 1 fully saturated rings. The third-order valence-electron chi connectivity index (χ3n) is 3.11. The van der Waals surface area contributed by atoms with Crippen LogP contribution in [0, 0.1) is 12.7 Å². The molecule has 0 radical (unpaired) electrons. The molecule has 6 heteroatoms. The van der Waals surface area contributed by atoms with Crippen molar-refractivity contribution in [2.45, 2.75) is 39.7 Å². The average molecular weight is 294 g/mol. The third-order valence-corrected chi connectivity index (χ3v) is 3.11. The predicted molar refractivity (Wildman–Crippen MR) is 81.5 cm³/mol. The van der Waals surface area contributed by atoms with Gasteiger partial charge in [0.1, 0.15) is 5.82 Å². The van der Waals surface area contributed by atoms with Crippen LogP contribution in [0.4, 0.5) is 10.2 Å². The first-order chi connectivity index (χ1) is 10.1. The topological polar surface area (TPSA) is 58.1 Å². The lowest BCUT2D eigenvalue weighted by Crippen LogP contribution is -2.44. The molecule has 1 aromatic heterocycles. The summed E-state index contributed by atoms with van der Waals surface area (Å²) in [4.78, 5) is 21.1. The third kappa shape index (κ3) is 4.81. The summed E-state index contributed by atoms with van der Waals surface area (Å²) >= 11 is 0. The number of nitrogens with zero attached hydrogens (tertiary/aromatic N) is 3. The van der Waals surface area contributed by atoms with E-state index in [1.54, 1.807) is 11.8 Å². The van der Waals surface area contributed by atoms with Gasteiger partial charge in [0, 0.05) is 19.1 Å². The molecule has 0 aliphatic carbocycles. The fourth-order valence-corrected chi connectivity index (χ4v) is 2.17. The van der Waals surface area contributed by atoms with Gasteiger partial charge in [-0.1, -0.05) is 20.4 Å². The highest BCUT2D eigenvalue weighted by Crippen LogP contribution is 2.17.